The second kappa shape index (κ2) is 3.98. The topological polar surface area (TPSA) is 66.0 Å². The average Bonchev–Trinajstić information content (AvgIpc) is 1.99. The molecule has 1 aliphatic rings. The van der Waals surface area contributed by atoms with Crippen LogP contribution in [0.1, 0.15) is 40.0 Å². The number of nitrogens with zero attached hydrogens (tertiary/aromatic N) is 2. The van der Waals surface area contributed by atoms with Gasteiger partial charge in [-0.15, -0.1) is 0 Å². The molecule has 0 aromatic heterocycles. The lowest BCUT2D eigenvalue weighted by Gasteiger charge is -2.43. The van der Waals surface area contributed by atoms with Gasteiger partial charge in [0.05, 0.1) is 0 Å². The molecule has 0 saturated heterocycles. The predicted octanol–water partition coefficient (Wildman–Crippen LogP) is 2.32. The number of hydrogen-bond donors (Lipinski definition) is 0. The van der Waals surface area contributed by atoms with E-state index in [1.54, 1.807) is 12.5 Å². The molecule has 4 nitrogen and oxygen atoms in total. The Morgan fingerprint density at radius 1 is 1.13 bits per heavy atom. The second-order valence-corrected chi connectivity index (χ2v) is 5.22. The smallest absolute Gasteiger partial charge is 0.286 e. The zero-order valence-electron chi connectivity index (χ0n) is 9.41. The van der Waals surface area contributed by atoms with Crippen molar-refractivity contribution in [2.45, 2.75) is 51.7 Å². The normalized spacial score (nSPS) is 33.5. The molecule has 0 N–H and O–H groups in total. The molecule has 2 atom stereocenters. The Morgan fingerprint density at radius 3 is 2.33 bits per heavy atom. The zero-order chi connectivity index (χ0) is 11.5. The fraction of sp³-hybridized carbons (Fsp3) is 0.818. The highest BCUT2D eigenvalue weighted by Crippen LogP contribution is 2.43. The van der Waals surface area contributed by atoms with Crippen molar-refractivity contribution in [2.24, 2.45) is 5.41 Å². The van der Waals surface area contributed by atoms with Crippen LogP contribution in [0, 0.1) is 28.4 Å². The molecule has 0 spiro atoms. The van der Waals surface area contributed by atoms with E-state index in [4.69, 9.17) is 20.0 Å². The zero-order valence-corrected chi connectivity index (χ0v) is 9.41. The molecule has 1 saturated carbocycles. The van der Waals surface area contributed by atoms with E-state index in [1.807, 2.05) is 6.92 Å². The van der Waals surface area contributed by atoms with E-state index in [0.29, 0.717) is 6.42 Å². The van der Waals surface area contributed by atoms with Crippen molar-refractivity contribution in [2.75, 3.05) is 0 Å². The fourth-order valence-electron chi connectivity index (χ4n) is 2.67. The lowest BCUT2D eigenvalue weighted by atomic mass is 9.69. The lowest BCUT2D eigenvalue weighted by molar-refractivity contribution is -0.0777. The largest absolute Gasteiger partial charge is 0.424 e. The van der Waals surface area contributed by atoms with Crippen molar-refractivity contribution >= 4 is 0 Å². The Bertz CT molecular complexity index is 314. The number of nitriles is 2. The van der Waals surface area contributed by atoms with Crippen LogP contribution in [0.4, 0.5) is 0 Å². The monoisotopic (exact) mass is 208 g/mol. The molecule has 82 valence electrons. The highest BCUT2D eigenvalue weighted by molar-refractivity contribution is 4.95. The minimum atomic E-state index is -0.502. The van der Waals surface area contributed by atoms with Crippen LogP contribution in [-0.2, 0) is 9.47 Å². The molecule has 0 aliphatic heterocycles. The van der Waals surface area contributed by atoms with Gasteiger partial charge in [-0.2, -0.15) is 10.5 Å². The van der Waals surface area contributed by atoms with E-state index >= 15 is 0 Å². The van der Waals surface area contributed by atoms with Crippen LogP contribution in [0.5, 0.6) is 0 Å². The van der Waals surface area contributed by atoms with Gasteiger partial charge in [0.1, 0.15) is 11.7 Å². The van der Waals surface area contributed by atoms with Gasteiger partial charge in [0.15, 0.2) is 0 Å². The summed E-state index contributed by atoms with van der Waals surface area (Å²) in [6.45, 7) is 6.09. The van der Waals surface area contributed by atoms with Crippen molar-refractivity contribution in [3.63, 3.8) is 0 Å². The lowest BCUT2D eigenvalue weighted by Crippen LogP contribution is -2.44. The molecule has 0 aromatic carbocycles. The van der Waals surface area contributed by atoms with E-state index < -0.39 is 5.60 Å². The fourth-order valence-corrected chi connectivity index (χ4v) is 2.67. The van der Waals surface area contributed by atoms with E-state index in [1.165, 1.54) is 0 Å². The standard InChI is InChI=1S/C11H16N2O2/c1-10(2)4-9(14-7-12)5-11(3,6-10)15-8-13/h9H,4-6H2,1-3H3. The van der Waals surface area contributed by atoms with Gasteiger partial charge in [-0.3, -0.25) is 0 Å². The van der Waals surface area contributed by atoms with Gasteiger partial charge in [-0.25, -0.2) is 0 Å². The molecule has 4 heteroatoms. The predicted molar refractivity (Wildman–Crippen MR) is 53.2 cm³/mol. The van der Waals surface area contributed by atoms with Gasteiger partial charge in [-0.1, -0.05) is 13.8 Å². The summed E-state index contributed by atoms with van der Waals surface area (Å²) >= 11 is 0. The number of rotatable bonds is 2. The molecule has 0 bridgehead atoms. The van der Waals surface area contributed by atoms with Gasteiger partial charge in [0, 0.05) is 6.42 Å². The summed E-state index contributed by atoms with van der Waals surface area (Å²) in [5.41, 5.74) is -0.469. The van der Waals surface area contributed by atoms with Gasteiger partial charge in [0.2, 0.25) is 0 Å². The Labute approximate surface area is 90.4 Å². The molecule has 1 fully saturated rings. The first-order valence-electron chi connectivity index (χ1n) is 5.03. The van der Waals surface area contributed by atoms with E-state index in [-0.39, 0.29) is 11.5 Å². The van der Waals surface area contributed by atoms with Crippen LogP contribution < -0.4 is 0 Å². The Kier molecular flexibility index (Phi) is 3.09. The van der Waals surface area contributed by atoms with E-state index in [9.17, 15) is 0 Å². The van der Waals surface area contributed by atoms with Gasteiger partial charge in [-0.05, 0) is 25.2 Å². The van der Waals surface area contributed by atoms with Crippen LogP contribution in [0.25, 0.3) is 0 Å². The molecule has 0 aromatic rings. The molecule has 1 rings (SSSR count). The molecule has 0 radical (unpaired) electrons. The third kappa shape index (κ3) is 3.02. The van der Waals surface area contributed by atoms with Crippen molar-refractivity contribution in [1.29, 1.82) is 10.5 Å². The van der Waals surface area contributed by atoms with Crippen LogP contribution in [0.3, 0.4) is 0 Å². The maximum absolute atomic E-state index is 8.59. The molecule has 0 amide bonds. The summed E-state index contributed by atoms with van der Waals surface area (Å²) in [6.07, 6.45) is 5.54. The summed E-state index contributed by atoms with van der Waals surface area (Å²) in [5, 5.41) is 17.1. The van der Waals surface area contributed by atoms with Gasteiger partial charge in [0.25, 0.3) is 12.5 Å². The first-order valence-corrected chi connectivity index (χ1v) is 5.03. The SMILES string of the molecule is CC1(C)CC(OC#N)CC(C)(OC#N)C1. The van der Waals surface area contributed by atoms with Crippen molar-refractivity contribution < 1.29 is 9.47 Å². The Morgan fingerprint density at radius 2 is 1.80 bits per heavy atom. The molecule has 0 heterocycles. The molecule has 1 aliphatic carbocycles. The Hall–Kier alpha value is -1.42. The molecular weight excluding hydrogens is 192 g/mol. The molecule has 15 heavy (non-hydrogen) atoms. The Balaban J connectivity index is 2.77. The summed E-state index contributed by atoms with van der Waals surface area (Å²) < 4.78 is 10.1. The third-order valence-corrected chi connectivity index (χ3v) is 2.80. The highest BCUT2D eigenvalue weighted by atomic mass is 16.5. The van der Waals surface area contributed by atoms with Crippen LogP contribution in [0.15, 0.2) is 0 Å². The summed E-state index contributed by atoms with van der Waals surface area (Å²) in [7, 11) is 0. The van der Waals surface area contributed by atoms with Crippen molar-refractivity contribution in [3.8, 4) is 12.5 Å². The maximum atomic E-state index is 8.59. The summed E-state index contributed by atoms with van der Waals surface area (Å²) in [5.74, 6) is 0. The second-order valence-electron chi connectivity index (χ2n) is 5.22. The number of ether oxygens (including phenoxy) is 2. The van der Waals surface area contributed by atoms with Gasteiger partial charge >= 0.3 is 0 Å². The molecular formula is C11H16N2O2. The minimum Gasteiger partial charge on any atom is -0.424 e. The van der Waals surface area contributed by atoms with Crippen LogP contribution >= 0.6 is 0 Å². The average molecular weight is 208 g/mol. The number of hydrogen-bond acceptors (Lipinski definition) is 4. The van der Waals surface area contributed by atoms with Crippen molar-refractivity contribution in [3.05, 3.63) is 0 Å². The van der Waals surface area contributed by atoms with E-state index in [2.05, 4.69) is 13.8 Å². The maximum Gasteiger partial charge on any atom is 0.286 e. The summed E-state index contributed by atoms with van der Waals surface area (Å²) in [4.78, 5) is 0. The first kappa shape index (κ1) is 11.7. The third-order valence-electron chi connectivity index (χ3n) is 2.80. The van der Waals surface area contributed by atoms with Gasteiger partial charge < -0.3 is 9.47 Å². The van der Waals surface area contributed by atoms with Crippen molar-refractivity contribution in [1.82, 2.24) is 0 Å². The highest BCUT2D eigenvalue weighted by Gasteiger charge is 2.44. The minimum absolute atomic E-state index is 0.0331. The first-order chi connectivity index (χ1) is 6.91. The van der Waals surface area contributed by atoms with Crippen LogP contribution in [-0.4, -0.2) is 11.7 Å². The molecule has 2 unspecified atom stereocenters. The van der Waals surface area contributed by atoms with Crippen LogP contribution in [0.2, 0.25) is 0 Å². The quantitative estimate of drug-likeness (QED) is 0.653. The van der Waals surface area contributed by atoms with E-state index in [0.717, 1.165) is 12.8 Å². The summed E-state index contributed by atoms with van der Waals surface area (Å²) in [6, 6.07) is 0.